The van der Waals surface area contributed by atoms with Crippen LogP contribution in [-0.2, 0) is 9.53 Å². The predicted octanol–water partition coefficient (Wildman–Crippen LogP) is 4.98. The second-order valence-electron chi connectivity index (χ2n) is 7.31. The van der Waals surface area contributed by atoms with Crippen molar-refractivity contribution in [2.75, 3.05) is 18.2 Å². The number of halogens is 1. The highest BCUT2D eigenvalue weighted by Crippen LogP contribution is 2.45. The number of thioether (sulfide) groups is 1. The highest BCUT2D eigenvalue weighted by Gasteiger charge is 2.40. The molecule has 0 spiro atoms. The van der Waals surface area contributed by atoms with Gasteiger partial charge >= 0.3 is 0 Å². The van der Waals surface area contributed by atoms with Crippen LogP contribution in [0.2, 0.25) is 25.7 Å². The first-order chi connectivity index (χ1) is 10.1. The van der Waals surface area contributed by atoms with Crippen LogP contribution in [0.1, 0.15) is 13.8 Å². The minimum atomic E-state index is -1.11. The number of anilines is 1. The van der Waals surface area contributed by atoms with Crippen LogP contribution >= 0.6 is 27.7 Å². The van der Waals surface area contributed by atoms with Crippen LogP contribution in [0.5, 0.6) is 0 Å². The van der Waals surface area contributed by atoms with Crippen molar-refractivity contribution in [3.8, 4) is 0 Å². The number of rotatable bonds is 5. The van der Waals surface area contributed by atoms with Crippen LogP contribution in [0.25, 0.3) is 0 Å². The summed E-state index contributed by atoms with van der Waals surface area (Å²) in [5.74, 6) is 0.108. The van der Waals surface area contributed by atoms with Crippen LogP contribution in [0.15, 0.2) is 27.6 Å². The Hall–Kier alpha value is -0.303. The van der Waals surface area contributed by atoms with Gasteiger partial charge in [0, 0.05) is 24.0 Å². The Morgan fingerprint density at radius 1 is 1.32 bits per heavy atom. The van der Waals surface area contributed by atoms with E-state index < -0.39 is 12.8 Å². The van der Waals surface area contributed by atoms with Crippen molar-refractivity contribution in [2.45, 2.75) is 49.2 Å². The van der Waals surface area contributed by atoms with Gasteiger partial charge in [-0.25, -0.2) is 0 Å². The maximum Gasteiger partial charge on any atom is 0.244 e. The zero-order chi connectivity index (χ0) is 16.5. The Kier molecular flexibility index (Phi) is 5.47. The van der Waals surface area contributed by atoms with Crippen molar-refractivity contribution >= 4 is 47.4 Å². The molecule has 0 saturated carbocycles. The summed E-state index contributed by atoms with van der Waals surface area (Å²) in [6.45, 7) is 12.0. The van der Waals surface area contributed by atoms with Gasteiger partial charge in [-0.1, -0.05) is 35.6 Å². The molecule has 3 nitrogen and oxygen atoms in total. The van der Waals surface area contributed by atoms with Crippen molar-refractivity contribution in [3.63, 3.8) is 0 Å². The van der Waals surface area contributed by atoms with Crippen LogP contribution in [0, 0.1) is 0 Å². The Morgan fingerprint density at radius 2 is 2.00 bits per heavy atom. The molecule has 6 heteroatoms. The van der Waals surface area contributed by atoms with Gasteiger partial charge in [-0.2, -0.15) is 0 Å². The predicted molar refractivity (Wildman–Crippen MR) is 101 cm³/mol. The fourth-order valence-electron chi connectivity index (χ4n) is 2.20. The van der Waals surface area contributed by atoms with E-state index in [4.69, 9.17) is 4.74 Å². The summed E-state index contributed by atoms with van der Waals surface area (Å²) in [4.78, 5) is 15.6. The lowest BCUT2D eigenvalue weighted by molar-refractivity contribution is -0.121. The number of amides is 1. The maximum absolute atomic E-state index is 12.7. The van der Waals surface area contributed by atoms with Gasteiger partial charge in [0.15, 0.2) is 0 Å². The Bertz CT molecular complexity index is 572. The summed E-state index contributed by atoms with van der Waals surface area (Å²) in [6.07, 6.45) is 0. The van der Waals surface area contributed by atoms with E-state index in [0.29, 0.717) is 6.73 Å². The first-order valence-electron chi connectivity index (χ1n) is 7.48. The van der Waals surface area contributed by atoms with Crippen molar-refractivity contribution in [1.82, 2.24) is 0 Å². The summed E-state index contributed by atoms with van der Waals surface area (Å²) in [5.41, 5.74) is 0.941. The zero-order valence-corrected chi connectivity index (χ0v) is 17.3. The zero-order valence-electron chi connectivity index (χ0n) is 13.9. The van der Waals surface area contributed by atoms with Gasteiger partial charge in [-0.05, 0) is 38.1 Å². The van der Waals surface area contributed by atoms with Crippen LogP contribution in [0.3, 0.4) is 0 Å². The lowest BCUT2D eigenvalue weighted by Gasteiger charge is -2.37. The largest absolute Gasteiger partial charge is 0.361 e. The number of carbonyl (C=O) groups is 1. The average molecular weight is 402 g/mol. The number of carbonyl (C=O) groups excluding carboxylic acids is 1. The molecular formula is C16H24BrNO2SSi. The first kappa shape index (κ1) is 18.0. The normalized spacial score (nSPS) is 17.5. The minimum absolute atomic E-state index is 0.108. The van der Waals surface area contributed by atoms with E-state index in [-0.39, 0.29) is 5.91 Å². The third-order valence-corrected chi connectivity index (χ3v) is 7.00. The molecule has 1 aliphatic heterocycles. The Morgan fingerprint density at radius 3 is 2.64 bits per heavy atom. The molecule has 2 rings (SSSR count). The first-order valence-corrected chi connectivity index (χ1v) is 12.8. The quantitative estimate of drug-likeness (QED) is 0.514. The third-order valence-electron chi connectivity index (χ3n) is 3.55. The van der Waals surface area contributed by atoms with Gasteiger partial charge in [-0.15, -0.1) is 11.8 Å². The second kappa shape index (κ2) is 6.67. The van der Waals surface area contributed by atoms with Gasteiger partial charge in [0.2, 0.25) is 5.91 Å². The molecule has 0 fully saturated rings. The van der Waals surface area contributed by atoms with E-state index in [1.54, 1.807) is 16.7 Å². The maximum atomic E-state index is 12.7. The molecule has 0 aliphatic carbocycles. The topological polar surface area (TPSA) is 29.5 Å². The highest BCUT2D eigenvalue weighted by atomic mass is 79.9. The summed E-state index contributed by atoms with van der Waals surface area (Å²) in [7, 11) is -1.11. The molecular weight excluding hydrogens is 378 g/mol. The monoisotopic (exact) mass is 401 g/mol. The van der Waals surface area contributed by atoms with Crippen LogP contribution in [0.4, 0.5) is 5.69 Å². The standard InChI is InChI=1S/C16H24BrNO2SSi/c1-16(2)15(19)18(11-20-8-9-22(3,4)5)13-10-12(17)6-7-14(13)21-16/h6-7,10H,8-9,11H2,1-5H3. The number of hydrogen-bond acceptors (Lipinski definition) is 3. The Balaban J connectivity index is 2.15. The molecule has 1 aromatic rings. The third kappa shape index (κ3) is 4.37. The average Bonchev–Trinajstić information content (AvgIpc) is 2.38. The lowest BCUT2D eigenvalue weighted by Crippen LogP contribution is -2.47. The summed E-state index contributed by atoms with van der Waals surface area (Å²) in [5, 5.41) is 0. The van der Waals surface area contributed by atoms with Gasteiger partial charge < -0.3 is 4.74 Å². The molecule has 0 saturated heterocycles. The summed E-state index contributed by atoms with van der Waals surface area (Å²) < 4.78 is 6.35. The van der Waals surface area contributed by atoms with Crippen molar-refractivity contribution < 1.29 is 9.53 Å². The molecule has 0 bridgehead atoms. The Labute approximate surface area is 146 Å². The number of hydrogen-bond donors (Lipinski definition) is 0. The van der Waals surface area contributed by atoms with E-state index in [0.717, 1.165) is 27.7 Å². The van der Waals surface area contributed by atoms with Crippen molar-refractivity contribution in [3.05, 3.63) is 22.7 Å². The molecule has 0 N–H and O–H groups in total. The minimum Gasteiger partial charge on any atom is -0.361 e. The highest BCUT2D eigenvalue weighted by molar-refractivity contribution is 9.10. The van der Waals surface area contributed by atoms with Crippen LogP contribution < -0.4 is 4.90 Å². The van der Waals surface area contributed by atoms with E-state index in [9.17, 15) is 4.79 Å². The van der Waals surface area contributed by atoms with E-state index in [1.165, 1.54) is 0 Å². The number of nitrogens with zero attached hydrogens (tertiary/aromatic N) is 1. The fraction of sp³-hybridized carbons (Fsp3) is 0.562. The van der Waals surface area contributed by atoms with Gasteiger partial charge in [0.25, 0.3) is 0 Å². The smallest absolute Gasteiger partial charge is 0.244 e. The second-order valence-corrected chi connectivity index (χ2v) is 15.5. The van der Waals surface area contributed by atoms with E-state index in [2.05, 4.69) is 41.6 Å². The SMILES string of the molecule is CC1(C)Sc2ccc(Br)cc2N(COCC[Si](C)(C)C)C1=O. The fourth-order valence-corrected chi connectivity index (χ4v) is 4.47. The lowest BCUT2D eigenvalue weighted by atomic mass is 10.1. The molecule has 1 aliphatic rings. The summed E-state index contributed by atoms with van der Waals surface area (Å²) in [6, 6.07) is 7.19. The molecule has 1 aromatic carbocycles. The molecule has 0 unspecified atom stereocenters. The number of benzene rings is 1. The number of ether oxygens (including phenoxy) is 1. The van der Waals surface area contributed by atoms with E-state index in [1.807, 2.05) is 26.0 Å². The molecule has 22 heavy (non-hydrogen) atoms. The molecule has 1 heterocycles. The van der Waals surface area contributed by atoms with Gasteiger partial charge in [-0.3, -0.25) is 9.69 Å². The molecule has 122 valence electrons. The van der Waals surface area contributed by atoms with E-state index >= 15 is 0 Å². The van der Waals surface area contributed by atoms with Gasteiger partial charge in [0.1, 0.15) is 6.73 Å². The van der Waals surface area contributed by atoms with Gasteiger partial charge in [0.05, 0.1) is 10.4 Å². The molecule has 1 amide bonds. The number of fused-ring (bicyclic) bond motifs is 1. The summed E-state index contributed by atoms with van der Waals surface area (Å²) >= 11 is 5.11. The molecule has 0 atom stereocenters. The molecule has 0 aromatic heterocycles. The van der Waals surface area contributed by atoms with Crippen molar-refractivity contribution in [2.24, 2.45) is 0 Å². The molecule has 0 radical (unpaired) electrons. The van der Waals surface area contributed by atoms with Crippen LogP contribution in [-0.4, -0.2) is 32.1 Å². The van der Waals surface area contributed by atoms with Crippen molar-refractivity contribution in [1.29, 1.82) is 0 Å².